The molecule has 0 N–H and O–H groups in total. The van der Waals surface area contributed by atoms with Crippen molar-refractivity contribution in [2.24, 2.45) is 5.92 Å². The molecule has 0 aliphatic carbocycles. The summed E-state index contributed by atoms with van der Waals surface area (Å²) in [5.74, 6) is 1.45. The molecule has 1 aliphatic rings. The van der Waals surface area contributed by atoms with Crippen molar-refractivity contribution in [1.29, 1.82) is 5.26 Å². The summed E-state index contributed by atoms with van der Waals surface area (Å²) in [7, 11) is 3.26. The average molecular weight is 261 g/mol. The van der Waals surface area contributed by atoms with Gasteiger partial charge in [0.1, 0.15) is 11.5 Å². The summed E-state index contributed by atoms with van der Waals surface area (Å²) >= 11 is 0. The van der Waals surface area contributed by atoms with Crippen LogP contribution in [-0.4, -0.2) is 27.4 Å². The summed E-state index contributed by atoms with van der Waals surface area (Å²) in [6.45, 7) is 3.17. The van der Waals surface area contributed by atoms with Crippen molar-refractivity contribution in [3.05, 3.63) is 23.8 Å². The zero-order valence-electron chi connectivity index (χ0n) is 11.6. The van der Waals surface area contributed by atoms with E-state index in [-0.39, 0.29) is 11.3 Å². The highest BCUT2D eigenvalue weighted by molar-refractivity contribution is 5.47. The van der Waals surface area contributed by atoms with E-state index < -0.39 is 0 Å². The van der Waals surface area contributed by atoms with Crippen LogP contribution in [-0.2, 0) is 10.2 Å². The number of nitriles is 1. The summed E-state index contributed by atoms with van der Waals surface area (Å²) in [6, 6.07) is 8.16. The minimum absolute atomic E-state index is 0.0662. The first-order valence-corrected chi connectivity index (χ1v) is 6.41. The predicted molar refractivity (Wildman–Crippen MR) is 71.4 cm³/mol. The van der Waals surface area contributed by atoms with Crippen LogP contribution < -0.4 is 9.47 Å². The van der Waals surface area contributed by atoms with Crippen LogP contribution in [0.4, 0.5) is 0 Å². The van der Waals surface area contributed by atoms with Gasteiger partial charge in [-0.05, 0) is 12.5 Å². The van der Waals surface area contributed by atoms with Crippen molar-refractivity contribution in [2.45, 2.75) is 18.8 Å². The molecule has 0 spiro atoms. The molecule has 0 saturated carbocycles. The number of rotatable bonds is 5. The number of ether oxygens (including phenoxy) is 3. The van der Waals surface area contributed by atoms with Gasteiger partial charge in [0.25, 0.3) is 0 Å². The van der Waals surface area contributed by atoms with Gasteiger partial charge in [-0.3, -0.25) is 0 Å². The molecule has 1 atom stereocenters. The Morgan fingerprint density at radius 3 is 2.53 bits per heavy atom. The Balaban J connectivity index is 2.47. The fraction of sp³-hybridized carbons (Fsp3) is 0.533. The predicted octanol–water partition coefficient (Wildman–Crippen LogP) is 2.52. The van der Waals surface area contributed by atoms with Crippen LogP contribution >= 0.6 is 0 Å². The summed E-state index contributed by atoms with van der Waals surface area (Å²) in [6.07, 6.45) is 0.801. The molecule has 0 radical (unpaired) electrons. The number of methoxy groups -OCH3 is 2. The van der Waals surface area contributed by atoms with E-state index in [1.54, 1.807) is 14.2 Å². The fourth-order valence-corrected chi connectivity index (χ4v) is 2.68. The third kappa shape index (κ3) is 2.15. The topological polar surface area (TPSA) is 51.5 Å². The molecule has 4 nitrogen and oxygen atoms in total. The molecule has 1 heterocycles. The van der Waals surface area contributed by atoms with E-state index in [1.165, 1.54) is 0 Å². The maximum Gasteiger partial charge on any atom is 0.126 e. The molecule has 102 valence electrons. The maximum absolute atomic E-state index is 9.38. The third-order valence-corrected chi connectivity index (χ3v) is 3.90. The summed E-state index contributed by atoms with van der Waals surface area (Å²) in [5.41, 5.74) is 0.789. The fourth-order valence-electron chi connectivity index (χ4n) is 2.68. The van der Waals surface area contributed by atoms with Crippen molar-refractivity contribution in [1.82, 2.24) is 0 Å². The van der Waals surface area contributed by atoms with Gasteiger partial charge in [0, 0.05) is 11.6 Å². The summed E-state index contributed by atoms with van der Waals surface area (Å²) < 4.78 is 16.1. The van der Waals surface area contributed by atoms with Crippen molar-refractivity contribution in [2.75, 3.05) is 27.4 Å². The van der Waals surface area contributed by atoms with Gasteiger partial charge in [-0.25, -0.2) is 0 Å². The molecular weight excluding hydrogens is 242 g/mol. The highest BCUT2D eigenvalue weighted by Crippen LogP contribution is 2.45. The molecule has 0 aromatic heterocycles. The maximum atomic E-state index is 9.38. The van der Waals surface area contributed by atoms with E-state index in [4.69, 9.17) is 14.2 Å². The lowest BCUT2D eigenvalue weighted by Gasteiger charge is -2.45. The van der Waals surface area contributed by atoms with Crippen LogP contribution in [0.25, 0.3) is 0 Å². The van der Waals surface area contributed by atoms with E-state index in [1.807, 2.05) is 25.1 Å². The minimum atomic E-state index is -0.249. The van der Waals surface area contributed by atoms with Gasteiger partial charge in [0.05, 0.1) is 44.8 Å². The van der Waals surface area contributed by atoms with Gasteiger partial charge in [0.15, 0.2) is 0 Å². The number of benzene rings is 1. The molecular formula is C15H19NO3. The lowest BCUT2D eigenvalue weighted by Crippen LogP contribution is -2.52. The summed E-state index contributed by atoms with van der Waals surface area (Å²) in [5, 5.41) is 9.38. The SMILES string of the molecule is CCC(C#N)C1(c2ccc(OC)cc2OC)COC1. The molecule has 0 amide bonds. The van der Waals surface area contributed by atoms with E-state index >= 15 is 0 Å². The Bertz CT molecular complexity index is 489. The second-order valence-corrected chi connectivity index (χ2v) is 4.81. The zero-order valence-corrected chi connectivity index (χ0v) is 11.6. The van der Waals surface area contributed by atoms with Crippen molar-refractivity contribution < 1.29 is 14.2 Å². The Hall–Kier alpha value is -1.73. The second-order valence-electron chi connectivity index (χ2n) is 4.81. The number of hydrogen-bond acceptors (Lipinski definition) is 4. The molecule has 1 aliphatic heterocycles. The Morgan fingerprint density at radius 1 is 1.37 bits per heavy atom. The first kappa shape index (κ1) is 13.7. The van der Waals surface area contributed by atoms with Gasteiger partial charge in [-0.2, -0.15) is 5.26 Å². The van der Waals surface area contributed by atoms with Crippen LogP contribution in [0, 0.1) is 17.2 Å². The van der Waals surface area contributed by atoms with Gasteiger partial charge in [-0.1, -0.05) is 13.0 Å². The van der Waals surface area contributed by atoms with Crippen LogP contribution in [0.1, 0.15) is 18.9 Å². The zero-order chi connectivity index (χ0) is 13.9. The molecule has 1 unspecified atom stereocenters. The first-order valence-electron chi connectivity index (χ1n) is 6.41. The third-order valence-electron chi connectivity index (χ3n) is 3.90. The van der Waals surface area contributed by atoms with E-state index in [0.717, 1.165) is 23.5 Å². The molecule has 1 fully saturated rings. The molecule has 1 saturated heterocycles. The van der Waals surface area contributed by atoms with Crippen LogP contribution in [0.5, 0.6) is 11.5 Å². The van der Waals surface area contributed by atoms with Gasteiger partial charge in [0.2, 0.25) is 0 Å². The van der Waals surface area contributed by atoms with E-state index in [0.29, 0.717) is 13.2 Å². The normalized spacial score (nSPS) is 18.0. The highest BCUT2D eigenvalue weighted by Gasteiger charge is 2.48. The summed E-state index contributed by atoms with van der Waals surface area (Å²) in [4.78, 5) is 0. The van der Waals surface area contributed by atoms with E-state index in [2.05, 4.69) is 6.07 Å². The Kier molecular flexibility index (Phi) is 3.96. The molecule has 1 aromatic rings. The van der Waals surface area contributed by atoms with E-state index in [9.17, 15) is 5.26 Å². The second kappa shape index (κ2) is 5.50. The quantitative estimate of drug-likeness (QED) is 0.817. The molecule has 2 rings (SSSR count). The molecule has 19 heavy (non-hydrogen) atoms. The lowest BCUT2D eigenvalue weighted by molar-refractivity contribution is -0.0813. The Labute approximate surface area is 113 Å². The van der Waals surface area contributed by atoms with Crippen molar-refractivity contribution in [3.63, 3.8) is 0 Å². The number of nitrogens with zero attached hydrogens (tertiary/aromatic N) is 1. The van der Waals surface area contributed by atoms with Crippen LogP contribution in [0.15, 0.2) is 18.2 Å². The lowest BCUT2D eigenvalue weighted by atomic mass is 9.68. The highest BCUT2D eigenvalue weighted by atomic mass is 16.5. The van der Waals surface area contributed by atoms with Gasteiger partial charge < -0.3 is 14.2 Å². The average Bonchev–Trinajstić information content (AvgIpc) is 2.42. The van der Waals surface area contributed by atoms with Crippen LogP contribution in [0.2, 0.25) is 0 Å². The molecule has 0 bridgehead atoms. The largest absolute Gasteiger partial charge is 0.497 e. The molecule has 1 aromatic carbocycles. The van der Waals surface area contributed by atoms with Crippen LogP contribution in [0.3, 0.4) is 0 Å². The number of hydrogen-bond donors (Lipinski definition) is 0. The smallest absolute Gasteiger partial charge is 0.126 e. The standard InChI is InChI=1S/C15H19NO3/c1-4-11(8-16)15(9-19-10-15)13-6-5-12(17-2)7-14(13)18-3/h5-7,11H,4,9-10H2,1-3H3. The van der Waals surface area contributed by atoms with Crippen molar-refractivity contribution in [3.8, 4) is 17.6 Å². The monoisotopic (exact) mass is 261 g/mol. The van der Waals surface area contributed by atoms with Gasteiger partial charge >= 0.3 is 0 Å². The minimum Gasteiger partial charge on any atom is -0.497 e. The first-order chi connectivity index (χ1) is 9.21. The van der Waals surface area contributed by atoms with Gasteiger partial charge in [-0.15, -0.1) is 0 Å². The van der Waals surface area contributed by atoms with Crippen molar-refractivity contribution >= 4 is 0 Å². The Morgan fingerprint density at radius 2 is 2.11 bits per heavy atom. The molecule has 4 heteroatoms.